The second kappa shape index (κ2) is 6.18. The average molecular weight is 298 g/mol. The number of fused-ring (bicyclic) bond motifs is 1. The molecule has 1 aliphatic heterocycles. The SMILES string of the molecule is c1cncc(CN2Cc3ccnn3C[C@@H](OCC3CC3)C2)c1. The molecule has 5 nitrogen and oxygen atoms in total. The van der Waals surface area contributed by atoms with E-state index in [1.807, 2.05) is 24.7 Å². The lowest BCUT2D eigenvalue weighted by Crippen LogP contribution is -2.33. The van der Waals surface area contributed by atoms with Crippen LogP contribution in [0.2, 0.25) is 0 Å². The van der Waals surface area contributed by atoms with Crippen molar-refractivity contribution in [2.75, 3.05) is 13.2 Å². The number of pyridine rings is 1. The van der Waals surface area contributed by atoms with Gasteiger partial charge < -0.3 is 4.74 Å². The first-order valence-electron chi connectivity index (χ1n) is 8.10. The maximum absolute atomic E-state index is 6.16. The van der Waals surface area contributed by atoms with Crippen molar-refractivity contribution in [3.63, 3.8) is 0 Å². The summed E-state index contributed by atoms with van der Waals surface area (Å²) in [5.41, 5.74) is 2.51. The van der Waals surface area contributed by atoms with Crippen LogP contribution in [0, 0.1) is 5.92 Å². The van der Waals surface area contributed by atoms with Crippen molar-refractivity contribution in [3.05, 3.63) is 48.0 Å². The van der Waals surface area contributed by atoms with E-state index in [1.54, 1.807) is 0 Å². The minimum Gasteiger partial charge on any atom is -0.375 e. The highest BCUT2D eigenvalue weighted by Crippen LogP contribution is 2.29. The minimum atomic E-state index is 0.221. The number of aromatic nitrogens is 3. The van der Waals surface area contributed by atoms with Gasteiger partial charge in [0.05, 0.1) is 18.3 Å². The molecule has 0 unspecified atom stereocenters. The summed E-state index contributed by atoms with van der Waals surface area (Å²) in [6.45, 7) is 4.53. The summed E-state index contributed by atoms with van der Waals surface area (Å²) in [7, 11) is 0. The molecule has 1 fully saturated rings. The van der Waals surface area contributed by atoms with Crippen molar-refractivity contribution in [1.82, 2.24) is 19.7 Å². The van der Waals surface area contributed by atoms with Crippen molar-refractivity contribution in [3.8, 4) is 0 Å². The van der Waals surface area contributed by atoms with Gasteiger partial charge in [0.25, 0.3) is 0 Å². The second-order valence-electron chi connectivity index (χ2n) is 6.43. The third-order valence-corrected chi connectivity index (χ3v) is 4.42. The zero-order valence-electron chi connectivity index (χ0n) is 12.8. The third-order valence-electron chi connectivity index (χ3n) is 4.42. The Morgan fingerprint density at radius 1 is 1.18 bits per heavy atom. The van der Waals surface area contributed by atoms with Crippen LogP contribution >= 0.6 is 0 Å². The predicted molar refractivity (Wildman–Crippen MR) is 83.0 cm³/mol. The first-order chi connectivity index (χ1) is 10.9. The molecule has 0 saturated heterocycles. The van der Waals surface area contributed by atoms with E-state index in [4.69, 9.17) is 4.74 Å². The Balaban J connectivity index is 1.47. The highest BCUT2D eigenvalue weighted by Gasteiger charge is 2.26. The summed E-state index contributed by atoms with van der Waals surface area (Å²) in [5.74, 6) is 0.798. The molecule has 5 heteroatoms. The maximum atomic E-state index is 6.16. The monoisotopic (exact) mass is 298 g/mol. The molecular formula is C17H22N4O. The van der Waals surface area contributed by atoms with Gasteiger partial charge in [-0.25, -0.2) is 0 Å². The molecule has 4 rings (SSSR count). The number of ether oxygens (including phenoxy) is 1. The molecule has 2 aliphatic rings. The van der Waals surface area contributed by atoms with E-state index in [0.29, 0.717) is 0 Å². The van der Waals surface area contributed by atoms with Gasteiger partial charge in [0.1, 0.15) is 0 Å². The van der Waals surface area contributed by atoms with Crippen LogP contribution in [-0.2, 0) is 24.4 Å². The molecule has 0 N–H and O–H groups in total. The summed E-state index contributed by atoms with van der Waals surface area (Å²) < 4.78 is 8.26. The van der Waals surface area contributed by atoms with Crippen molar-refractivity contribution >= 4 is 0 Å². The first kappa shape index (κ1) is 13.9. The number of rotatable bonds is 5. The Kier molecular flexibility index (Phi) is 3.91. The molecule has 0 bridgehead atoms. The zero-order valence-corrected chi connectivity index (χ0v) is 12.8. The van der Waals surface area contributed by atoms with Crippen LogP contribution in [0.15, 0.2) is 36.8 Å². The molecule has 22 heavy (non-hydrogen) atoms. The largest absolute Gasteiger partial charge is 0.375 e. The van der Waals surface area contributed by atoms with Gasteiger partial charge in [-0.15, -0.1) is 0 Å². The number of hydrogen-bond donors (Lipinski definition) is 0. The molecule has 1 aliphatic carbocycles. The Morgan fingerprint density at radius 3 is 2.95 bits per heavy atom. The normalized spacial score (nSPS) is 22.3. The Morgan fingerprint density at radius 2 is 2.14 bits per heavy atom. The van der Waals surface area contributed by atoms with E-state index in [1.165, 1.54) is 24.1 Å². The quantitative estimate of drug-likeness (QED) is 0.848. The first-order valence-corrected chi connectivity index (χ1v) is 8.10. The Hall–Kier alpha value is -1.72. The molecule has 2 aromatic heterocycles. The van der Waals surface area contributed by atoms with Gasteiger partial charge in [0, 0.05) is 44.8 Å². The van der Waals surface area contributed by atoms with Gasteiger partial charge in [-0.2, -0.15) is 5.10 Å². The van der Waals surface area contributed by atoms with Crippen LogP contribution in [0.5, 0.6) is 0 Å². The van der Waals surface area contributed by atoms with Crippen molar-refractivity contribution in [2.45, 2.75) is 38.6 Å². The summed E-state index contributed by atoms with van der Waals surface area (Å²) in [6.07, 6.45) is 8.54. The lowest BCUT2D eigenvalue weighted by molar-refractivity contribution is 0.0123. The molecule has 1 atom stereocenters. The van der Waals surface area contributed by atoms with E-state index in [2.05, 4.69) is 31.8 Å². The Labute approximate surface area is 130 Å². The summed E-state index contributed by atoms with van der Waals surface area (Å²) in [4.78, 5) is 6.66. The molecule has 3 heterocycles. The van der Waals surface area contributed by atoms with Gasteiger partial charge in [-0.1, -0.05) is 6.07 Å². The predicted octanol–water partition coefficient (Wildman–Crippen LogP) is 2.09. The smallest absolute Gasteiger partial charge is 0.0897 e. The van der Waals surface area contributed by atoms with Crippen molar-refractivity contribution in [2.24, 2.45) is 5.92 Å². The fourth-order valence-electron chi connectivity index (χ4n) is 3.02. The molecule has 0 aromatic carbocycles. The number of nitrogens with zero attached hydrogens (tertiary/aromatic N) is 4. The highest BCUT2D eigenvalue weighted by molar-refractivity contribution is 5.10. The van der Waals surface area contributed by atoms with Crippen LogP contribution in [-0.4, -0.2) is 38.9 Å². The van der Waals surface area contributed by atoms with Crippen molar-refractivity contribution < 1.29 is 4.74 Å². The molecule has 116 valence electrons. The molecule has 0 amide bonds. The molecule has 0 radical (unpaired) electrons. The molecule has 2 aromatic rings. The fourth-order valence-corrected chi connectivity index (χ4v) is 3.02. The molecule has 0 spiro atoms. The van der Waals surface area contributed by atoms with Gasteiger partial charge in [0.2, 0.25) is 0 Å². The summed E-state index contributed by atoms with van der Waals surface area (Å²) in [5, 5.41) is 4.45. The average Bonchev–Trinajstić information content (AvgIpc) is 3.29. The van der Waals surface area contributed by atoms with Gasteiger partial charge in [-0.3, -0.25) is 14.6 Å². The van der Waals surface area contributed by atoms with E-state index >= 15 is 0 Å². The maximum Gasteiger partial charge on any atom is 0.0897 e. The van der Waals surface area contributed by atoms with Crippen LogP contribution < -0.4 is 0 Å². The van der Waals surface area contributed by atoms with Gasteiger partial charge in [-0.05, 0) is 36.5 Å². The second-order valence-corrected chi connectivity index (χ2v) is 6.43. The van der Waals surface area contributed by atoms with Crippen LogP contribution in [0.25, 0.3) is 0 Å². The third kappa shape index (κ3) is 3.36. The van der Waals surface area contributed by atoms with Gasteiger partial charge >= 0.3 is 0 Å². The topological polar surface area (TPSA) is 43.2 Å². The van der Waals surface area contributed by atoms with E-state index in [0.717, 1.165) is 38.7 Å². The van der Waals surface area contributed by atoms with E-state index in [-0.39, 0.29) is 6.10 Å². The van der Waals surface area contributed by atoms with Crippen LogP contribution in [0.1, 0.15) is 24.1 Å². The van der Waals surface area contributed by atoms with E-state index < -0.39 is 0 Å². The fraction of sp³-hybridized carbons (Fsp3) is 0.529. The Bertz CT molecular complexity index is 608. The van der Waals surface area contributed by atoms with Crippen molar-refractivity contribution in [1.29, 1.82) is 0 Å². The summed E-state index contributed by atoms with van der Waals surface area (Å²) >= 11 is 0. The zero-order chi connectivity index (χ0) is 14.8. The van der Waals surface area contributed by atoms with Crippen LogP contribution in [0.3, 0.4) is 0 Å². The van der Waals surface area contributed by atoms with Gasteiger partial charge in [0.15, 0.2) is 0 Å². The number of hydrogen-bond acceptors (Lipinski definition) is 4. The molecular weight excluding hydrogens is 276 g/mol. The standard InChI is InChI=1S/C17H22N4O/c1-2-15(8-18-6-1)9-20-10-16-5-7-19-21(16)12-17(11-20)22-13-14-3-4-14/h1-2,5-8,14,17H,3-4,9-13H2/t17-/m0/s1. The lowest BCUT2D eigenvalue weighted by atomic mass is 10.2. The minimum absolute atomic E-state index is 0.221. The van der Waals surface area contributed by atoms with Crippen LogP contribution in [0.4, 0.5) is 0 Å². The molecule has 1 saturated carbocycles. The highest BCUT2D eigenvalue weighted by atomic mass is 16.5. The lowest BCUT2D eigenvalue weighted by Gasteiger charge is -2.24. The summed E-state index contributed by atoms with van der Waals surface area (Å²) in [6, 6.07) is 6.24. The van der Waals surface area contributed by atoms with E-state index in [9.17, 15) is 0 Å².